The van der Waals surface area contributed by atoms with Crippen molar-refractivity contribution in [1.29, 1.82) is 0 Å². The number of para-hydroxylation sites is 2. The summed E-state index contributed by atoms with van der Waals surface area (Å²) >= 11 is 0. The van der Waals surface area contributed by atoms with Crippen molar-refractivity contribution in [3.05, 3.63) is 84.4 Å². The number of hydrogen-bond acceptors (Lipinski definition) is 2. The molecule has 0 radical (unpaired) electrons. The Morgan fingerprint density at radius 3 is 2.05 bits per heavy atom. The van der Waals surface area contributed by atoms with Crippen LogP contribution in [-0.2, 0) is 0 Å². The minimum atomic E-state index is -0.510. The summed E-state index contributed by atoms with van der Waals surface area (Å²) in [6, 6.07) is 24.5. The van der Waals surface area contributed by atoms with E-state index in [1.165, 1.54) is 0 Å². The Labute approximate surface area is 129 Å². The van der Waals surface area contributed by atoms with E-state index >= 15 is 0 Å². The van der Waals surface area contributed by atoms with Gasteiger partial charge in [0.2, 0.25) is 0 Å². The molecule has 0 heterocycles. The number of amides is 1. The van der Waals surface area contributed by atoms with E-state index in [1.54, 1.807) is 12.1 Å². The molecule has 0 aromatic heterocycles. The maximum absolute atomic E-state index is 11.7. The molecule has 0 aliphatic rings. The van der Waals surface area contributed by atoms with E-state index in [0.29, 0.717) is 17.1 Å². The summed E-state index contributed by atoms with van der Waals surface area (Å²) < 4.78 is 5.96. The fraction of sp³-hybridized carbons (Fsp3) is 0. The molecule has 0 fully saturated rings. The monoisotopic (exact) mass is 289 g/mol. The standard InChI is InChI=1S/C19H15NO2/c20-19(21)17-13-7-12-16(14-8-3-1-4-9-14)18(17)22-15-10-5-2-6-11-15/h1-13H,(H2,20,21). The molecule has 3 rings (SSSR count). The van der Waals surface area contributed by atoms with Crippen molar-refractivity contribution in [2.24, 2.45) is 5.73 Å². The largest absolute Gasteiger partial charge is 0.456 e. The number of carbonyl (C=O) groups excluding carboxylic acids is 1. The van der Waals surface area contributed by atoms with E-state index in [9.17, 15) is 4.79 Å². The Bertz CT molecular complexity index is 783. The second-order valence-electron chi connectivity index (χ2n) is 4.83. The van der Waals surface area contributed by atoms with Crippen LogP contribution in [0.25, 0.3) is 11.1 Å². The first-order chi connectivity index (χ1) is 10.8. The minimum absolute atomic E-state index is 0.366. The van der Waals surface area contributed by atoms with E-state index in [4.69, 9.17) is 10.5 Å². The van der Waals surface area contributed by atoms with Gasteiger partial charge in [-0.15, -0.1) is 0 Å². The topological polar surface area (TPSA) is 52.3 Å². The Morgan fingerprint density at radius 1 is 0.773 bits per heavy atom. The number of nitrogens with two attached hydrogens (primary N) is 1. The van der Waals surface area contributed by atoms with Crippen molar-refractivity contribution >= 4 is 5.91 Å². The van der Waals surface area contributed by atoms with Crippen molar-refractivity contribution in [1.82, 2.24) is 0 Å². The van der Waals surface area contributed by atoms with Gasteiger partial charge in [0, 0.05) is 5.56 Å². The molecule has 2 N–H and O–H groups in total. The second kappa shape index (κ2) is 6.14. The van der Waals surface area contributed by atoms with Gasteiger partial charge in [0.15, 0.2) is 0 Å². The highest BCUT2D eigenvalue weighted by Gasteiger charge is 2.16. The lowest BCUT2D eigenvalue weighted by atomic mass is 10.0. The molecule has 108 valence electrons. The van der Waals surface area contributed by atoms with Crippen LogP contribution in [0.15, 0.2) is 78.9 Å². The molecule has 0 unspecified atom stereocenters. The molecule has 3 heteroatoms. The molecule has 1 amide bonds. The van der Waals surface area contributed by atoms with Crippen molar-refractivity contribution in [2.75, 3.05) is 0 Å². The zero-order valence-electron chi connectivity index (χ0n) is 11.9. The normalized spacial score (nSPS) is 10.2. The summed E-state index contributed by atoms with van der Waals surface area (Å²) in [5.41, 5.74) is 7.67. The summed E-state index contributed by atoms with van der Waals surface area (Å²) in [7, 11) is 0. The van der Waals surface area contributed by atoms with Crippen LogP contribution in [0.2, 0.25) is 0 Å². The van der Waals surface area contributed by atoms with Crippen LogP contribution in [0.3, 0.4) is 0 Å². The van der Waals surface area contributed by atoms with E-state index in [2.05, 4.69) is 0 Å². The van der Waals surface area contributed by atoms with Gasteiger partial charge in [-0.1, -0.05) is 60.7 Å². The third kappa shape index (κ3) is 2.83. The number of carbonyl (C=O) groups is 1. The van der Waals surface area contributed by atoms with Crippen molar-refractivity contribution in [3.63, 3.8) is 0 Å². The van der Waals surface area contributed by atoms with Gasteiger partial charge in [0.25, 0.3) is 5.91 Å². The number of ether oxygens (including phenoxy) is 1. The molecular formula is C19H15NO2. The fourth-order valence-electron chi connectivity index (χ4n) is 2.29. The van der Waals surface area contributed by atoms with Crippen LogP contribution >= 0.6 is 0 Å². The van der Waals surface area contributed by atoms with Crippen molar-refractivity contribution < 1.29 is 9.53 Å². The van der Waals surface area contributed by atoms with Gasteiger partial charge in [-0.05, 0) is 23.8 Å². The summed E-state index contributed by atoms with van der Waals surface area (Å²) in [5, 5.41) is 0. The van der Waals surface area contributed by atoms with Gasteiger partial charge in [0.1, 0.15) is 11.5 Å². The van der Waals surface area contributed by atoms with Crippen molar-refractivity contribution in [3.8, 4) is 22.6 Å². The van der Waals surface area contributed by atoms with E-state index in [-0.39, 0.29) is 0 Å². The quantitative estimate of drug-likeness (QED) is 0.780. The van der Waals surface area contributed by atoms with E-state index in [0.717, 1.165) is 11.1 Å². The first-order valence-electron chi connectivity index (χ1n) is 6.97. The maximum atomic E-state index is 11.7. The average Bonchev–Trinajstić information content (AvgIpc) is 2.56. The van der Waals surface area contributed by atoms with Gasteiger partial charge in [0.05, 0.1) is 5.56 Å². The zero-order chi connectivity index (χ0) is 15.4. The van der Waals surface area contributed by atoms with Gasteiger partial charge >= 0.3 is 0 Å². The Kier molecular flexibility index (Phi) is 3.88. The lowest BCUT2D eigenvalue weighted by Crippen LogP contribution is -2.12. The first-order valence-corrected chi connectivity index (χ1v) is 6.97. The molecular weight excluding hydrogens is 274 g/mol. The van der Waals surface area contributed by atoms with Crippen LogP contribution in [0, 0.1) is 0 Å². The van der Waals surface area contributed by atoms with Gasteiger partial charge < -0.3 is 10.5 Å². The predicted molar refractivity (Wildman–Crippen MR) is 86.9 cm³/mol. The summed E-state index contributed by atoms with van der Waals surface area (Å²) in [5.74, 6) is 0.629. The highest BCUT2D eigenvalue weighted by molar-refractivity contribution is 5.98. The zero-order valence-corrected chi connectivity index (χ0v) is 11.9. The Hall–Kier alpha value is -3.07. The van der Waals surface area contributed by atoms with E-state index in [1.807, 2.05) is 66.7 Å². The van der Waals surface area contributed by atoms with Crippen LogP contribution in [0.1, 0.15) is 10.4 Å². The molecule has 0 atom stereocenters. The molecule has 3 nitrogen and oxygen atoms in total. The van der Waals surface area contributed by atoms with Crippen molar-refractivity contribution in [2.45, 2.75) is 0 Å². The molecule has 0 saturated carbocycles. The lowest BCUT2D eigenvalue weighted by molar-refractivity contribution is 0.0998. The van der Waals surface area contributed by atoms with Gasteiger partial charge in [-0.2, -0.15) is 0 Å². The predicted octanol–water partition coefficient (Wildman–Crippen LogP) is 4.24. The number of rotatable bonds is 4. The molecule has 0 saturated heterocycles. The molecule has 22 heavy (non-hydrogen) atoms. The SMILES string of the molecule is NC(=O)c1cccc(-c2ccccc2)c1Oc1ccccc1. The fourth-order valence-corrected chi connectivity index (χ4v) is 2.29. The molecule has 0 aliphatic carbocycles. The van der Waals surface area contributed by atoms with E-state index < -0.39 is 5.91 Å². The van der Waals surface area contributed by atoms with Gasteiger partial charge in [-0.25, -0.2) is 0 Å². The highest BCUT2D eigenvalue weighted by atomic mass is 16.5. The van der Waals surface area contributed by atoms with Crippen LogP contribution in [0.5, 0.6) is 11.5 Å². The minimum Gasteiger partial charge on any atom is -0.456 e. The third-order valence-corrected chi connectivity index (χ3v) is 3.33. The average molecular weight is 289 g/mol. The smallest absolute Gasteiger partial charge is 0.252 e. The molecule has 0 bridgehead atoms. The number of benzene rings is 3. The highest BCUT2D eigenvalue weighted by Crippen LogP contribution is 2.36. The van der Waals surface area contributed by atoms with Crippen LogP contribution in [0.4, 0.5) is 0 Å². The maximum Gasteiger partial charge on any atom is 0.252 e. The number of primary amides is 1. The second-order valence-corrected chi connectivity index (χ2v) is 4.83. The summed E-state index contributed by atoms with van der Waals surface area (Å²) in [4.78, 5) is 11.7. The Balaban J connectivity index is 2.14. The summed E-state index contributed by atoms with van der Waals surface area (Å²) in [6.07, 6.45) is 0. The first kappa shape index (κ1) is 13.9. The third-order valence-electron chi connectivity index (χ3n) is 3.33. The lowest BCUT2D eigenvalue weighted by Gasteiger charge is -2.14. The molecule has 0 spiro atoms. The van der Waals surface area contributed by atoms with Gasteiger partial charge in [-0.3, -0.25) is 4.79 Å². The summed E-state index contributed by atoms with van der Waals surface area (Å²) in [6.45, 7) is 0. The van der Waals surface area contributed by atoms with Crippen LogP contribution < -0.4 is 10.5 Å². The van der Waals surface area contributed by atoms with Crippen LogP contribution in [-0.4, -0.2) is 5.91 Å². The molecule has 0 aliphatic heterocycles. The number of hydrogen-bond donors (Lipinski definition) is 1. The Morgan fingerprint density at radius 2 is 1.41 bits per heavy atom. The molecule has 3 aromatic carbocycles. The molecule has 3 aromatic rings.